The third-order valence-corrected chi connectivity index (χ3v) is 4.43. The molecule has 0 aromatic rings. The van der Waals surface area contributed by atoms with Gasteiger partial charge in [0.2, 0.25) is 0 Å². The minimum absolute atomic E-state index is 0.0350. The van der Waals surface area contributed by atoms with E-state index in [1.165, 1.54) is 0 Å². The summed E-state index contributed by atoms with van der Waals surface area (Å²) in [6, 6.07) is -0.166. The first kappa shape index (κ1) is 15.1. The van der Waals surface area contributed by atoms with Crippen molar-refractivity contribution in [2.45, 2.75) is 63.1 Å². The van der Waals surface area contributed by atoms with Crippen LogP contribution in [0.1, 0.15) is 44.9 Å². The van der Waals surface area contributed by atoms with E-state index in [9.17, 15) is 9.59 Å². The molecule has 0 saturated heterocycles. The van der Waals surface area contributed by atoms with E-state index < -0.39 is 5.97 Å². The number of nitrogens with one attached hydrogen (secondary N) is 2. The third kappa shape index (κ3) is 3.85. The van der Waals surface area contributed by atoms with E-state index in [1.54, 1.807) is 7.11 Å². The molecule has 0 aromatic heterocycles. The van der Waals surface area contributed by atoms with E-state index in [4.69, 9.17) is 9.84 Å². The Morgan fingerprint density at radius 2 is 1.85 bits per heavy atom. The van der Waals surface area contributed by atoms with Crippen LogP contribution >= 0.6 is 0 Å². The predicted octanol–water partition coefficient (Wildman–Crippen LogP) is 1.50. The van der Waals surface area contributed by atoms with Crippen LogP contribution in [0.4, 0.5) is 4.79 Å². The lowest BCUT2D eigenvalue weighted by atomic mass is 9.86. The van der Waals surface area contributed by atoms with Crippen LogP contribution in [0.25, 0.3) is 0 Å². The highest BCUT2D eigenvalue weighted by atomic mass is 16.5. The zero-order chi connectivity index (χ0) is 14.5. The summed E-state index contributed by atoms with van der Waals surface area (Å²) in [4.78, 5) is 23.0. The highest BCUT2D eigenvalue weighted by Crippen LogP contribution is 2.25. The predicted molar refractivity (Wildman–Crippen MR) is 73.5 cm³/mol. The Hall–Kier alpha value is -1.30. The minimum Gasteiger partial charge on any atom is -0.481 e. The summed E-state index contributed by atoms with van der Waals surface area (Å²) in [7, 11) is 1.67. The van der Waals surface area contributed by atoms with Gasteiger partial charge in [0.05, 0.1) is 18.1 Å². The number of rotatable bonds is 4. The molecule has 3 N–H and O–H groups in total. The number of methoxy groups -OCH3 is 1. The van der Waals surface area contributed by atoms with Crippen molar-refractivity contribution in [2.75, 3.05) is 7.11 Å². The second-order valence-corrected chi connectivity index (χ2v) is 5.83. The minimum atomic E-state index is -0.757. The molecule has 114 valence electrons. The van der Waals surface area contributed by atoms with Gasteiger partial charge in [-0.3, -0.25) is 4.79 Å². The monoisotopic (exact) mass is 284 g/mol. The molecule has 0 aliphatic heterocycles. The van der Waals surface area contributed by atoms with Crippen LogP contribution in [0.15, 0.2) is 0 Å². The Kier molecular flexibility index (Phi) is 5.23. The van der Waals surface area contributed by atoms with Crippen molar-refractivity contribution in [3.63, 3.8) is 0 Å². The Bertz CT molecular complexity index is 361. The highest BCUT2D eigenvalue weighted by molar-refractivity contribution is 5.75. The van der Waals surface area contributed by atoms with E-state index in [1.807, 2.05) is 0 Å². The molecule has 0 spiro atoms. The van der Waals surface area contributed by atoms with Crippen LogP contribution in [-0.4, -0.2) is 42.4 Å². The van der Waals surface area contributed by atoms with Crippen LogP contribution in [-0.2, 0) is 9.53 Å². The zero-order valence-electron chi connectivity index (χ0n) is 11.9. The van der Waals surface area contributed by atoms with Gasteiger partial charge >= 0.3 is 12.0 Å². The molecule has 0 aromatic carbocycles. The molecule has 20 heavy (non-hydrogen) atoms. The quantitative estimate of drug-likeness (QED) is 0.730. The summed E-state index contributed by atoms with van der Waals surface area (Å²) >= 11 is 0. The first-order valence-electron chi connectivity index (χ1n) is 7.42. The van der Waals surface area contributed by atoms with Crippen molar-refractivity contribution >= 4 is 12.0 Å². The standard InChI is InChI=1S/C14H24N2O4/c1-20-12-7-3-6-11(12)16-14(19)15-10-5-2-4-9(8-10)13(17)18/h9-12H,2-8H2,1H3,(H,17,18)(H2,15,16,19). The summed E-state index contributed by atoms with van der Waals surface area (Å²) < 4.78 is 5.34. The average Bonchev–Trinajstić information content (AvgIpc) is 2.86. The van der Waals surface area contributed by atoms with Crippen LogP contribution in [0.3, 0.4) is 0 Å². The number of amides is 2. The van der Waals surface area contributed by atoms with Gasteiger partial charge in [-0.2, -0.15) is 0 Å². The van der Waals surface area contributed by atoms with E-state index in [0.717, 1.165) is 32.1 Å². The summed E-state index contributed by atoms with van der Waals surface area (Å²) in [6.45, 7) is 0. The van der Waals surface area contributed by atoms with Gasteiger partial charge < -0.3 is 20.5 Å². The lowest BCUT2D eigenvalue weighted by Crippen LogP contribution is -2.50. The molecule has 4 unspecified atom stereocenters. The number of hydrogen-bond acceptors (Lipinski definition) is 3. The smallest absolute Gasteiger partial charge is 0.315 e. The lowest BCUT2D eigenvalue weighted by Gasteiger charge is -2.28. The van der Waals surface area contributed by atoms with E-state index in [2.05, 4.69) is 10.6 Å². The van der Waals surface area contributed by atoms with Crippen molar-refractivity contribution < 1.29 is 19.4 Å². The number of carboxylic acid groups (broad SMARTS) is 1. The Labute approximate surface area is 119 Å². The van der Waals surface area contributed by atoms with Crippen molar-refractivity contribution in [3.8, 4) is 0 Å². The fourth-order valence-corrected chi connectivity index (χ4v) is 3.31. The second kappa shape index (κ2) is 6.92. The van der Waals surface area contributed by atoms with Crippen molar-refractivity contribution in [1.29, 1.82) is 0 Å². The number of aliphatic carboxylic acids is 1. The van der Waals surface area contributed by atoms with Gasteiger partial charge in [0, 0.05) is 13.2 Å². The summed E-state index contributed by atoms with van der Waals surface area (Å²) in [6.07, 6.45) is 6.03. The molecule has 4 atom stereocenters. The molecule has 2 saturated carbocycles. The molecule has 6 nitrogen and oxygen atoms in total. The molecule has 2 rings (SSSR count). The molecule has 2 amide bonds. The Morgan fingerprint density at radius 1 is 1.10 bits per heavy atom. The molecule has 6 heteroatoms. The number of urea groups is 1. The molecule has 2 fully saturated rings. The topological polar surface area (TPSA) is 87.7 Å². The second-order valence-electron chi connectivity index (χ2n) is 5.83. The molecule has 0 radical (unpaired) electrons. The third-order valence-electron chi connectivity index (χ3n) is 4.43. The molecular weight excluding hydrogens is 260 g/mol. The zero-order valence-corrected chi connectivity index (χ0v) is 11.9. The molecule has 0 bridgehead atoms. The normalized spacial score (nSPS) is 33.6. The summed E-state index contributed by atoms with van der Waals surface area (Å²) in [5.41, 5.74) is 0. The van der Waals surface area contributed by atoms with Crippen molar-refractivity contribution in [1.82, 2.24) is 10.6 Å². The maximum atomic E-state index is 12.0. The first-order chi connectivity index (χ1) is 9.60. The molecule has 2 aliphatic carbocycles. The maximum absolute atomic E-state index is 12.0. The molecule has 0 heterocycles. The number of carbonyl (C=O) groups excluding carboxylic acids is 1. The van der Waals surface area contributed by atoms with Gasteiger partial charge in [0.25, 0.3) is 0 Å². The number of carboxylic acids is 1. The van der Waals surface area contributed by atoms with Crippen LogP contribution in [0.2, 0.25) is 0 Å². The fourth-order valence-electron chi connectivity index (χ4n) is 3.31. The largest absolute Gasteiger partial charge is 0.481 e. The van der Waals surface area contributed by atoms with Gasteiger partial charge in [-0.15, -0.1) is 0 Å². The first-order valence-corrected chi connectivity index (χ1v) is 7.42. The highest BCUT2D eigenvalue weighted by Gasteiger charge is 2.31. The lowest BCUT2D eigenvalue weighted by molar-refractivity contribution is -0.143. The van der Waals surface area contributed by atoms with E-state index in [0.29, 0.717) is 12.8 Å². The van der Waals surface area contributed by atoms with Crippen molar-refractivity contribution in [2.24, 2.45) is 5.92 Å². The van der Waals surface area contributed by atoms with Gasteiger partial charge in [-0.25, -0.2) is 4.79 Å². The summed E-state index contributed by atoms with van der Waals surface area (Å²) in [5, 5.41) is 14.9. The molecular formula is C14H24N2O4. The van der Waals surface area contributed by atoms with Crippen LogP contribution in [0.5, 0.6) is 0 Å². The van der Waals surface area contributed by atoms with Gasteiger partial charge in [-0.1, -0.05) is 6.42 Å². The van der Waals surface area contributed by atoms with E-state index >= 15 is 0 Å². The Balaban J connectivity index is 1.77. The summed E-state index contributed by atoms with van der Waals surface area (Å²) in [5.74, 6) is -1.08. The Morgan fingerprint density at radius 3 is 2.55 bits per heavy atom. The van der Waals surface area contributed by atoms with Crippen molar-refractivity contribution in [3.05, 3.63) is 0 Å². The van der Waals surface area contributed by atoms with Crippen LogP contribution < -0.4 is 10.6 Å². The van der Waals surface area contributed by atoms with Gasteiger partial charge in [0.15, 0.2) is 0 Å². The molecule has 2 aliphatic rings. The SMILES string of the molecule is COC1CCCC1NC(=O)NC1CCCC(C(=O)O)C1. The number of hydrogen-bond donors (Lipinski definition) is 3. The van der Waals surface area contributed by atoms with E-state index in [-0.39, 0.29) is 30.1 Å². The number of ether oxygens (including phenoxy) is 1. The maximum Gasteiger partial charge on any atom is 0.315 e. The number of carbonyl (C=O) groups is 2. The van der Waals surface area contributed by atoms with Gasteiger partial charge in [-0.05, 0) is 38.5 Å². The average molecular weight is 284 g/mol. The fraction of sp³-hybridized carbons (Fsp3) is 0.857. The van der Waals surface area contributed by atoms with Crippen LogP contribution in [0, 0.1) is 5.92 Å². The van der Waals surface area contributed by atoms with Gasteiger partial charge in [0.1, 0.15) is 0 Å².